The lowest BCUT2D eigenvalue weighted by atomic mass is 10.0. The highest BCUT2D eigenvalue weighted by Gasteiger charge is 2.32. The molecule has 1 aromatic heterocycles. The molecule has 1 amide bonds. The number of carbonyl (C=O) groups excluding carboxylic acids is 2. The van der Waals surface area contributed by atoms with Crippen LogP contribution in [0.15, 0.2) is 30.5 Å². The van der Waals surface area contributed by atoms with E-state index < -0.39 is 17.4 Å². The summed E-state index contributed by atoms with van der Waals surface area (Å²) in [6.45, 7) is 3.96. The van der Waals surface area contributed by atoms with Gasteiger partial charge >= 0.3 is 5.97 Å². The van der Waals surface area contributed by atoms with Gasteiger partial charge in [-0.3, -0.25) is 4.79 Å². The van der Waals surface area contributed by atoms with Crippen LogP contribution in [0.3, 0.4) is 0 Å². The molecule has 0 unspecified atom stereocenters. The van der Waals surface area contributed by atoms with Gasteiger partial charge in [0.05, 0.1) is 7.11 Å². The van der Waals surface area contributed by atoms with Gasteiger partial charge in [0.15, 0.2) is 17.2 Å². The standard InChI is InChI=1S/C19H20N2O6/c1-19(2,18(24)25-3)21-17(23)16-13(22)8-12(10-20-16)11-4-5-14-15(9-11)27-7-6-26-14/h4-5,8-10,22H,6-7H2,1-3H3,(H,21,23). The number of pyridine rings is 1. The normalized spacial score (nSPS) is 13.0. The summed E-state index contributed by atoms with van der Waals surface area (Å²) in [5.41, 5.74) is -0.0838. The van der Waals surface area contributed by atoms with Gasteiger partial charge in [-0.05, 0) is 37.6 Å². The molecule has 3 rings (SSSR count). The third-order valence-corrected chi connectivity index (χ3v) is 4.08. The second-order valence-electron chi connectivity index (χ2n) is 6.52. The quantitative estimate of drug-likeness (QED) is 0.790. The molecule has 1 aliphatic heterocycles. The van der Waals surface area contributed by atoms with Crippen molar-refractivity contribution in [3.05, 3.63) is 36.2 Å². The van der Waals surface area contributed by atoms with E-state index in [2.05, 4.69) is 15.0 Å². The molecule has 1 aromatic carbocycles. The molecule has 2 aromatic rings. The smallest absolute Gasteiger partial charge is 0.330 e. The predicted octanol–water partition coefficient (Wildman–Crippen LogP) is 1.91. The second-order valence-corrected chi connectivity index (χ2v) is 6.52. The number of amides is 1. The highest BCUT2D eigenvalue weighted by molar-refractivity contribution is 5.98. The number of hydrogen-bond donors (Lipinski definition) is 2. The first-order chi connectivity index (χ1) is 12.8. The first-order valence-electron chi connectivity index (χ1n) is 8.32. The topological polar surface area (TPSA) is 107 Å². The number of aromatic hydroxyl groups is 1. The van der Waals surface area contributed by atoms with E-state index in [4.69, 9.17) is 9.47 Å². The lowest BCUT2D eigenvalue weighted by Crippen LogP contribution is -2.50. The van der Waals surface area contributed by atoms with Gasteiger partial charge in [0.1, 0.15) is 24.5 Å². The van der Waals surface area contributed by atoms with Crippen LogP contribution in [0, 0.1) is 0 Å². The largest absolute Gasteiger partial charge is 0.505 e. The number of nitrogens with one attached hydrogen (secondary N) is 1. The number of methoxy groups -OCH3 is 1. The number of nitrogens with zero attached hydrogens (tertiary/aromatic N) is 1. The zero-order chi connectivity index (χ0) is 19.6. The molecule has 2 N–H and O–H groups in total. The van der Waals surface area contributed by atoms with Crippen molar-refractivity contribution >= 4 is 11.9 Å². The summed E-state index contributed by atoms with van der Waals surface area (Å²) >= 11 is 0. The Morgan fingerprint density at radius 2 is 1.85 bits per heavy atom. The van der Waals surface area contributed by atoms with Gasteiger partial charge in [-0.15, -0.1) is 0 Å². The Bertz CT molecular complexity index is 894. The number of aromatic nitrogens is 1. The van der Waals surface area contributed by atoms with Crippen LogP contribution < -0.4 is 14.8 Å². The third kappa shape index (κ3) is 3.79. The number of ether oxygens (including phenoxy) is 3. The fraction of sp³-hybridized carbons (Fsp3) is 0.316. The molecule has 0 fully saturated rings. The average Bonchev–Trinajstić information content (AvgIpc) is 2.66. The third-order valence-electron chi connectivity index (χ3n) is 4.08. The van der Waals surface area contributed by atoms with E-state index in [1.165, 1.54) is 33.2 Å². The maximum Gasteiger partial charge on any atom is 0.330 e. The molecule has 0 aliphatic carbocycles. The van der Waals surface area contributed by atoms with Crippen molar-refractivity contribution in [2.45, 2.75) is 19.4 Å². The number of esters is 1. The first kappa shape index (κ1) is 18.5. The molecule has 8 heteroatoms. The fourth-order valence-corrected chi connectivity index (χ4v) is 2.66. The Kier molecular flexibility index (Phi) is 4.89. The van der Waals surface area contributed by atoms with Crippen LogP contribution in [0.2, 0.25) is 0 Å². The molecule has 0 saturated carbocycles. The molecule has 0 atom stereocenters. The molecular formula is C19H20N2O6. The second kappa shape index (κ2) is 7.14. The summed E-state index contributed by atoms with van der Waals surface area (Å²) in [6.07, 6.45) is 1.46. The van der Waals surface area contributed by atoms with Crippen molar-refractivity contribution in [3.8, 4) is 28.4 Å². The van der Waals surface area contributed by atoms with Gasteiger partial charge in [-0.25, -0.2) is 9.78 Å². The molecule has 1 aliphatic rings. The highest BCUT2D eigenvalue weighted by Crippen LogP contribution is 2.35. The van der Waals surface area contributed by atoms with Crippen molar-refractivity contribution < 1.29 is 28.9 Å². The van der Waals surface area contributed by atoms with Crippen molar-refractivity contribution in [1.29, 1.82) is 0 Å². The summed E-state index contributed by atoms with van der Waals surface area (Å²) < 4.78 is 15.7. The van der Waals surface area contributed by atoms with Crippen molar-refractivity contribution in [2.24, 2.45) is 0 Å². The Morgan fingerprint density at radius 1 is 1.15 bits per heavy atom. The number of rotatable bonds is 4. The van der Waals surface area contributed by atoms with Crippen molar-refractivity contribution in [1.82, 2.24) is 10.3 Å². The first-order valence-corrected chi connectivity index (χ1v) is 8.32. The zero-order valence-corrected chi connectivity index (χ0v) is 15.2. The van der Waals surface area contributed by atoms with E-state index in [1.54, 1.807) is 12.1 Å². The van der Waals surface area contributed by atoms with E-state index in [0.29, 0.717) is 30.3 Å². The van der Waals surface area contributed by atoms with Crippen LogP contribution in [0.1, 0.15) is 24.3 Å². The monoisotopic (exact) mass is 372 g/mol. The Morgan fingerprint density at radius 3 is 2.52 bits per heavy atom. The van der Waals surface area contributed by atoms with E-state index in [1.807, 2.05) is 6.07 Å². The number of hydrogen-bond acceptors (Lipinski definition) is 7. The number of carbonyl (C=O) groups is 2. The van der Waals surface area contributed by atoms with E-state index in [-0.39, 0.29) is 11.4 Å². The summed E-state index contributed by atoms with van der Waals surface area (Å²) in [4.78, 5) is 28.1. The molecule has 0 radical (unpaired) electrons. The maximum absolute atomic E-state index is 12.4. The number of fused-ring (bicyclic) bond motifs is 1. The zero-order valence-electron chi connectivity index (χ0n) is 15.2. The fourth-order valence-electron chi connectivity index (χ4n) is 2.66. The minimum atomic E-state index is -1.26. The summed E-state index contributed by atoms with van der Waals surface area (Å²) in [7, 11) is 1.23. The van der Waals surface area contributed by atoms with Crippen LogP contribution in [-0.4, -0.2) is 47.8 Å². The predicted molar refractivity (Wildman–Crippen MR) is 95.9 cm³/mol. The maximum atomic E-state index is 12.4. The van der Waals surface area contributed by atoms with Crippen molar-refractivity contribution in [3.63, 3.8) is 0 Å². The van der Waals surface area contributed by atoms with E-state index in [0.717, 1.165) is 5.56 Å². The Labute approximate surface area is 156 Å². The number of benzene rings is 1. The Balaban J connectivity index is 1.84. The summed E-state index contributed by atoms with van der Waals surface area (Å²) in [6, 6.07) is 6.80. The minimum absolute atomic E-state index is 0.187. The highest BCUT2D eigenvalue weighted by atomic mass is 16.6. The lowest BCUT2D eigenvalue weighted by molar-refractivity contribution is -0.146. The van der Waals surface area contributed by atoms with Crippen LogP contribution >= 0.6 is 0 Å². The van der Waals surface area contributed by atoms with Crippen LogP contribution in [0.25, 0.3) is 11.1 Å². The van der Waals surface area contributed by atoms with Gasteiger partial charge < -0.3 is 24.6 Å². The molecule has 0 spiro atoms. The summed E-state index contributed by atoms with van der Waals surface area (Å²) in [5.74, 6) is -0.330. The van der Waals surface area contributed by atoms with E-state index in [9.17, 15) is 14.7 Å². The van der Waals surface area contributed by atoms with Crippen LogP contribution in [0.4, 0.5) is 0 Å². The molecular weight excluding hydrogens is 352 g/mol. The molecule has 0 saturated heterocycles. The van der Waals surface area contributed by atoms with Gasteiger partial charge in [0, 0.05) is 11.8 Å². The van der Waals surface area contributed by atoms with E-state index >= 15 is 0 Å². The van der Waals surface area contributed by atoms with Crippen LogP contribution in [0.5, 0.6) is 17.2 Å². The SMILES string of the molecule is COC(=O)C(C)(C)NC(=O)c1ncc(-c2ccc3c(c2)OCCO3)cc1O. The minimum Gasteiger partial charge on any atom is -0.505 e. The molecule has 27 heavy (non-hydrogen) atoms. The van der Waals surface area contributed by atoms with Crippen molar-refractivity contribution in [2.75, 3.05) is 20.3 Å². The van der Waals surface area contributed by atoms with Gasteiger partial charge in [0.2, 0.25) is 0 Å². The summed E-state index contributed by atoms with van der Waals surface area (Å²) in [5, 5.41) is 12.8. The Hall–Kier alpha value is -3.29. The average molecular weight is 372 g/mol. The van der Waals surface area contributed by atoms with Crippen LogP contribution in [-0.2, 0) is 9.53 Å². The lowest BCUT2D eigenvalue weighted by Gasteiger charge is -2.23. The van der Waals surface area contributed by atoms with Gasteiger partial charge in [0.25, 0.3) is 5.91 Å². The van der Waals surface area contributed by atoms with Gasteiger partial charge in [-0.2, -0.15) is 0 Å². The molecule has 8 nitrogen and oxygen atoms in total. The molecule has 0 bridgehead atoms. The molecule has 2 heterocycles. The molecule has 142 valence electrons. The van der Waals surface area contributed by atoms with Gasteiger partial charge in [-0.1, -0.05) is 6.07 Å².